The Morgan fingerprint density at radius 3 is 2.57 bits per heavy atom. The van der Waals surface area contributed by atoms with Gasteiger partial charge < -0.3 is 19.5 Å². The summed E-state index contributed by atoms with van der Waals surface area (Å²) in [5.41, 5.74) is 3.01. The molecule has 0 fully saturated rings. The SMILES string of the molecule is CC.COc1cc2ccnc(COc3cccc4c3C=CCN4)c2cc1OC. The zero-order valence-corrected chi connectivity index (χ0v) is 16.8. The average molecular weight is 378 g/mol. The van der Waals surface area contributed by atoms with Gasteiger partial charge in [0, 0.05) is 29.4 Å². The molecule has 0 saturated heterocycles. The second-order valence-electron chi connectivity index (χ2n) is 5.98. The highest BCUT2D eigenvalue weighted by molar-refractivity contribution is 5.87. The maximum absolute atomic E-state index is 6.10. The third kappa shape index (κ3) is 3.88. The molecule has 1 aliphatic heterocycles. The lowest BCUT2D eigenvalue weighted by Gasteiger charge is -2.17. The van der Waals surface area contributed by atoms with Gasteiger partial charge in [0.1, 0.15) is 12.4 Å². The van der Waals surface area contributed by atoms with Crippen molar-refractivity contribution in [2.45, 2.75) is 20.5 Å². The molecule has 1 N–H and O–H groups in total. The third-order valence-electron chi connectivity index (χ3n) is 4.48. The fraction of sp³-hybridized carbons (Fsp3) is 0.261. The molecule has 5 nitrogen and oxygen atoms in total. The Morgan fingerprint density at radius 2 is 1.79 bits per heavy atom. The molecule has 3 aromatic rings. The van der Waals surface area contributed by atoms with Gasteiger partial charge in [-0.05, 0) is 35.7 Å². The molecule has 2 aromatic carbocycles. The summed E-state index contributed by atoms with van der Waals surface area (Å²) >= 11 is 0. The maximum Gasteiger partial charge on any atom is 0.161 e. The molecule has 0 amide bonds. The molecule has 4 rings (SSSR count). The first-order valence-corrected chi connectivity index (χ1v) is 9.46. The van der Waals surface area contributed by atoms with Crippen molar-refractivity contribution in [1.82, 2.24) is 4.98 Å². The summed E-state index contributed by atoms with van der Waals surface area (Å²) in [6, 6.07) is 11.9. The van der Waals surface area contributed by atoms with Crippen LogP contribution in [0.15, 0.2) is 48.7 Å². The van der Waals surface area contributed by atoms with E-state index in [0.717, 1.165) is 40.0 Å². The Hall–Kier alpha value is -3.21. The second-order valence-corrected chi connectivity index (χ2v) is 5.98. The number of rotatable bonds is 5. The molecular formula is C23H26N2O3. The van der Waals surface area contributed by atoms with Gasteiger partial charge in [-0.1, -0.05) is 32.1 Å². The Labute approximate surface area is 166 Å². The number of fused-ring (bicyclic) bond motifs is 2. The van der Waals surface area contributed by atoms with Crippen LogP contribution < -0.4 is 19.5 Å². The van der Waals surface area contributed by atoms with E-state index in [2.05, 4.69) is 28.5 Å². The van der Waals surface area contributed by atoms with Gasteiger partial charge >= 0.3 is 0 Å². The van der Waals surface area contributed by atoms with Crippen molar-refractivity contribution in [3.05, 3.63) is 59.9 Å². The molecule has 5 heteroatoms. The summed E-state index contributed by atoms with van der Waals surface area (Å²) in [4.78, 5) is 4.51. The van der Waals surface area contributed by atoms with Crippen molar-refractivity contribution in [3.8, 4) is 17.2 Å². The number of aromatic nitrogens is 1. The zero-order chi connectivity index (χ0) is 19.9. The van der Waals surface area contributed by atoms with E-state index in [1.165, 1.54) is 0 Å². The maximum atomic E-state index is 6.10. The summed E-state index contributed by atoms with van der Waals surface area (Å²) in [7, 11) is 3.26. The van der Waals surface area contributed by atoms with E-state index in [4.69, 9.17) is 14.2 Å². The molecule has 146 valence electrons. The third-order valence-corrected chi connectivity index (χ3v) is 4.48. The number of nitrogens with one attached hydrogen (secondary N) is 1. The number of pyridine rings is 1. The van der Waals surface area contributed by atoms with E-state index < -0.39 is 0 Å². The lowest BCUT2D eigenvalue weighted by Crippen LogP contribution is -2.07. The highest BCUT2D eigenvalue weighted by atomic mass is 16.5. The lowest BCUT2D eigenvalue weighted by atomic mass is 10.1. The fourth-order valence-electron chi connectivity index (χ4n) is 3.16. The van der Waals surface area contributed by atoms with Crippen molar-refractivity contribution in [1.29, 1.82) is 0 Å². The summed E-state index contributed by atoms with van der Waals surface area (Å²) < 4.78 is 16.9. The monoisotopic (exact) mass is 378 g/mol. The number of hydrogen-bond donors (Lipinski definition) is 1. The van der Waals surface area contributed by atoms with Crippen molar-refractivity contribution in [3.63, 3.8) is 0 Å². The molecule has 0 bridgehead atoms. The molecule has 1 aliphatic rings. The van der Waals surface area contributed by atoms with Crippen LogP contribution in [0, 0.1) is 0 Å². The second kappa shape index (κ2) is 9.13. The first kappa shape index (κ1) is 19.5. The van der Waals surface area contributed by atoms with E-state index in [-0.39, 0.29) is 0 Å². The molecule has 0 saturated carbocycles. The Morgan fingerprint density at radius 1 is 1.00 bits per heavy atom. The first-order chi connectivity index (χ1) is 13.8. The van der Waals surface area contributed by atoms with Gasteiger partial charge in [0.05, 0.1) is 19.9 Å². The average Bonchev–Trinajstić information content (AvgIpc) is 2.77. The molecular weight excluding hydrogens is 352 g/mol. The molecule has 0 aliphatic carbocycles. The summed E-state index contributed by atoms with van der Waals surface area (Å²) in [6.45, 7) is 5.21. The molecule has 0 unspecified atom stereocenters. The largest absolute Gasteiger partial charge is 0.493 e. The van der Waals surface area contributed by atoms with E-state index in [1.807, 2.05) is 44.2 Å². The highest BCUT2D eigenvalue weighted by Gasteiger charge is 2.13. The molecule has 0 spiro atoms. The van der Waals surface area contributed by atoms with E-state index >= 15 is 0 Å². The summed E-state index contributed by atoms with van der Waals surface area (Å²) in [5, 5.41) is 5.37. The topological polar surface area (TPSA) is 52.6 Å². The number of hydrogen-bond acceptors (Lipinski definition) is 5. The standard InChI is InChI=1S/C21H20N2O3.C2H6/c1-24-20-11-14-8-10-23-18(16(14)12-21(20)25-2)13-26-19-7-3-6-17-15(19)5-4-9-22-17;1-2/h3-8,10-12,22H,9,13H2,1-2H3;1-2H3. The summed E-state index contributed by atoms with van der Waals surface area (Å²) in [6.07, 6.45) is 5.96. The Balaban J connectivity index is 0.00000109. The van der Waals surface area contributed by atoms with Crippen molar-refractivity contribution < 1.29 is 14.2 Å². The lowest BCUT2D eigenvalue weighted by molar-refractivity contribution is 0.302. The molecule has 2 heterocycles. The summed E-state index contributed by atoms with van der Waals surface area (Å²) in [5.74, 6) is 2.22. The highest BCUT2D eigenvalue weighted by Crippen LogP contribution is 2.34. The Bertz CT molecular complexity index is 983. The smallest absolute Gasteiger partial charge is 0.161 e. The van der Waals surface area contributed by atoms with Crippen molar-refractivity contribution in [2.75, 3.05) is 26.1 Å². The van der Waals surface area contributed by atoms with Crippen molar-refractivity contribution >= 4 is 22.5 Å². The predicted octanol–water partition coefficient (Wildman–Crippen LogP) is 5.30. The van der Waals surface area contributed by atoms with Gasteiger partial charge in [-0.3, -0.25) is 4.98 Å². The zero-order valence-electron chi connectivity index (χ0n) is 16.8. The van der Waals surface area contributed by atoms with Gasteiger partial charge in [-0.2, -0.15) is 0 Å². The van der Waals surface area contributed by atoms with Crippen molar-refractivity contribution in [2.24, 2.45) is 0 Å². The van der Waals surface area contributed by atoms with E-state index in [9.17, 15) is 0 Å². The van der Waals surface area contributed by atoms with Gasteiger partial charge in [0.15, 0.2) is 11.5 Å². The van der Waals surface area contributed by atoms with E-state index in [1.54, 1.807) is 20.4 Å². The number of methoxy groups -OCH3 is 2. The fourth-order valence-corrected chi connectivity index (χ4v) is 3.16. The van der Waals surface area contributed by atoms with Crippen LogP contribution in [0.3, 0.4) is 0 Å². The van der Waals surface area contributed by atoms with Crippen LogP contribution in [0.25, 0.3) is 16.8 Å². The van der Waals surface area contributed by atoms with Gasteiger partial charge in [0.25, 0.3) is 0 Å². The minimum Gasteiger partial charge on any atom is -0.493 e. The van der Waals surface area contributed by atoms with Gasteiger partial charge in [0.2, 0.25) is 0 Å². The van der Waals surface area contributed by atoms with Gasteiger partial charge in [-0.25, -0.2) is 0 Å². The van der Waals surface area contributed by atoms with E-state index in [0.29, 0.717) is 18.1 Å². The van der Waals surface area contributed by atoms with Crippen LogP contribution in [-0.2, 0) is 6.61 Å². The van der Waals surface area contributed by atoms with Crippen LogP contribution in [-0.4, -0.2) is 25.7 Å². The van der Waals surface area contributed by atoms with Gasteiger partial charge in [-0.15, -0.1) is 0 Å². The van der Waals surface area contributed by atoms with Crippen LogP contribution >= 0.6 is 0 Å². The first-order valence-electron chi connectivity index (χ1n) is 9.46. The molecule has 0 atom stereocenters. The van der Waals surface area contributed by atoms with Crippen LogP contribution in [0.5, 0.6) is 17.2 Å². The number of benzene rings is 2. The predicted molar refractivity (Wildman–Crippen MR) is 114 cm³/mol. The molecule has 1 aromatic heterocycles. The normalized spacial score (nSPS) is 11.7. The Kier molecular flexibility index (Phi) is 6.37. The number of ether oxygens (including phenoxy) is 3. The van der Waals surface area contributed by atoms with Crippen LogP contribution in [0.2, 0.25) is 0 Å². The quantitative estimate of drug-likeness (QED) is 0.653. The minimum atomic E-state index is 0.372. The molecule has 28 heavy (non-hydrogen) atoms. The number of anilines is 1. The van der Waals surface area contributed by atoms with Crippen LogP contribution in [0.1, 0.15) is 25.1 Å². The number of nitrogens with zero attached hydrogens (tertiary/aromatic N) is 1. The van der Waals surface area contributed by atoms with Crippen LogP contribution in [0.4, 0.5) is 5.69 Å². The minimum absolute atomic E-state index is 0.372. The molecule has 0 radical (unpaired) electrons.